The second-order valence-electron chi connectivity index (χ2n) is 6.37. The lowest BCUT2D eigenvalue weighted by Crippen LogP contribution is -2.49. The van der Waals surface area contributed by atoms with Gasteiger partial charge in [0.05, 0.1) is 23.8 Å². The molecule has 1 aliphatic carbocycles. The molecule has 0 saturated heterocycles. The van der Waals surface area contributed by atoms with Crippen molar-refractivity contribution >= 4 is 5.91 Å². The van der Waals surface area contributed by atoms with Crippen molar-refractivity contribution in [3.8, 4) is 17.6 Å². The molecule has 1 aliphatic rings. The van der Waals surface area contributed by atoms with Gasteiger partial charge in [-0.2, -0.15) is 5.26 Å². The zero-order valence-corrected chi connectivity index (χ0v) is 13.9. The molecular weight excluding hydrogens is 316 g/mol. The van der Waals surface area contributed by atoms with Crippen LogP contribution in [0.25, 0.3) is 0 Å². The van der Waals surface area contributed by atoms with Crippen molar-refractivity contribution in [1.82, 2.24) is 5.32 Å². The van der Waals surface area contributed by atoms with E-state index in [1.54, 1.807) is 48.5 Å². The van der Waals surface area contributed by atoms with E-state index in [4.69, 9.17) is 10.00 Å². The van der Waals surface area contributed by atoms with Gasteiger partial charge in [0.25, 0.3) is 5.91 Å². The Kier molecular flexibility index (Phi) is 5.01. The Bertz CT molecular complexity index is 787. The predicted molar refractivity (Wildman–Crippen MR) is 93.4 cm³/mol. The first-order valence-electron chi connectivity index (χ1n) is 8.36. The van der Waals surface area contributed by atoms with Gasteiger partial charge in [-0.05, 0) is 55.3 Å². The molecule has 2 aromatic carbocycles. The summed E-state index contributed by atoms with van der Waals surface area (Å²) in [5, 5.41) is 21.4. The summed E-state index contributed by atoms with van der Waals surface area (Å²) in [5.41, 5.74) is 0.554. The van der Waals surface area contributed by atoms with Crippen molar-refractivity contribution in [1.29, 1.82) is 5.26 Å². The van der Waals surface area contributed by atoms with E-state index in [1.165, 1.54) is 0 Å². The van der Waals surface area contributed by atoms with E-state index in [0.29, 0.717) is 22.6 Å². The Morgan fingerprint density at radius 1 is 1.16 bits per heavy atom. The first kappa shape index (κ1) is 17.0. The lowest BCUT2D eigenvalue weighted by molar-refractivity contribution is 0.0838. The molecule has 0 heterocycles. The first-order chi connectivity index (χ1) is 12.1. The Morgan fingerprint density at radius 2 is 1.88 bits per heavy atom. The minimum absolute atomic E-state index is 0.0415. The van der Waals surface area contributed by atoms with Crippen LogP contribution in [-0.2, 0) is 0 Å². The molecule has 128 valence electrons. The molecule has 25 heavy (non-hydrogen) atoms. The molecule has 0 radical (unpaired) electrons. The molecule has 1 saturated carbocycles. The summed E-state index contributed by atoms with van der Waals surface area (Å²) < 4.78 is 5.75. The third kappa shape index (κ3) is 3.98. The summed E-state index contributed by atoms with van der Waals surface area (Å²) in [6, 6.07) is 15.8. The van der Waals surface area contributed by atoms with Gasteiger partial charge in [-0.3, -0.25) is 4.79 Å². The molecule has 2 N–H and O–H groups in total. The highest BCUT2D eigenvalue weighted by molar-refractivity contribution is 5.95. The molecule has 0 atom stereocenters. The van der Waals surface area contributed by atoms with Crippen LogP contribution in [0.1, 0.15) is 41.6 Å². The Hall–Kier alpha value is -2.84. The first-order valence-corrected chi connectivity index (χ1v) is 8.36. The van der Waals surface area contributed by atoms with E-state index in [0.717, 1.165) is 25.7 Å². The fourth-order valence-electron chi connectivity index (χ4n) is 3.12. The van der Waals surface area contributed by atoms with Gasteiger partial charge in [-0.15, -0.1) is 0 Å². The average Bonchev–Trinajstić information content (AvgIpc) is 3.11. The summed E-state index contributed by atoms with van der Waals surface area (Å²) in [6.07, 6.45) is 3.64. The van der Waals surface area contributed by atoms with Gasteiger partial charge in [0.2, 0.25) is 0 Å². The number of nitrogens with zero attached hydrogens (tertiary/aromatic N) is 1. The van der Waals surface area contributed by atoms with Crippen LogP contribution >= 0.6 is 0 Å². The number of nitrogens with one attached hydrogen (secondary N) is 1. The van der Waals surface area contributed by atoms with E-state index in [1.807, 2.05) is 0 Å². The van der Waals surface area contributed by atoms with Crippen molar-refractivity contribution in [2.24, 2.45) is 0 Å². The van der Waals surface area contributed by atoms with Crippen LogP contribution in [0.4, 0.5) is 0 Å². The zero-order chi connectivity index (χ0) is 17.7. The number of nitriles is 1. The quantitative estimate of drug-likeness (QED) is 0.877. The maximum Gasteiger partial charge on any atom is 0.251 e. The fourth-order valence-corrected chi connectivity index (χ4v) is 3.12. The number of ether oxygens (including phenoxy) is 1. The maximum atomic E-state index is 12.5. The Balaban J connectivity index is 1.72. The van der Waals surface area contributed by atoms with E-state index in [-0.39, 0.29) is 12.5 Å². The third-order valence-corrected chi connectivity index (χ3v) is 4.56. The van der Waals surface area contributed by atoms with Crippen LogP contribution < -0.4 is 10.1 Å². The molecule has 2 aromatic rings. The molecule has 0 aliphatic heterocycles. The van der Waals surface area contributed by atoms with E-state index in [9.17, 15) is 9.90 Å². The zero-order valence-electron chi connectivity index (χ0n) is 13.9. The number of hydrogen-bond acceptors (Lipinski definition) is 4. The van der Waals surface area contributed by atoms with Crippen molar-refractivity contribution in [2.45, 2.75) is 31.2 Å². The van der Waals surface area contributed by atoms with E-state index in [2.05, 4.69) is 11.4 Å². The standard InChI is InChI=1S/C20H20N2O3/c21-13-15-6-8-17(9-7-15)25-18-5-3-4-16(12-18)19(24)22-20(14-23)10-1-2-11-20/h3-9,12,23H,1-2,10-11,14H2,(H,22,24). The number of rotatable bonds is 5. The van der Waals surface area contributed by atoms with Gasteiger partial charge in [-0.25, -0.2) is 0 Å². The summed E-state index contributed by atoms with van der Waals surface area (Å²) in [6.45, 7) is -0.0415. The van der Waals surface area contributed by atoms with Gasteiger partial charge >= 0.3 is 0 Å². The molecule has 0 spiro atoms. The monoisotopic (exact) mass is 336 g/mol. The van der Waals surface area contributed by atoms with Crippen LogP contribution in [0.3, 0.4) is 0 Å². The van der Waals surface area contributed by atoms with E-state index >= 15 is 0 Å². The number of hydrogen-bond donors (Lipinski definition) is 2. The summed E-state index contributed by atoms with van der Waals surface area (Å²) in [4.78, 5) is 12.5. The second-order valence-corrected chi connectivity index (χ2v) is 6.37. The predicted octanol–water partition coefficient (Wildman–Crippen LogP) is 3.39. The topological polar surface area (TPSA) is 82.3 Å². The molecule has 1 fully saturated rings. The lowest BCUT2D eigenvalue weighted by atomic mass is 9.98. The lowest BCUT2D eigenvalue weighted by Gasteiger charge is -2.28. The molecule has 5 heteroatoms. The maximum absolute atomic E-state index is 12.5. The number of aliphatic hydroxyl groups is 1. The van der Waals surface area contributed by atoms with Crippen molar-refractivity contribution in [2.75, 3.05) is 6.61 Å². The number of carbonyl (C=O) groups excluding carboxylic acids is 1. The van der Waals surface area contributed by atoms with Gasteiger partial charge in [0.15, 0.2) is 0 Å². The second kappa shape index (κ2) is 7.37. The number of carbonyl (C=O) groups is 1. The number of aliphatic hydroxyl groups excluding tert-OH is 1. The van der Waals surface area contributed by atoms with Gasteiger partial charge in [0.1, 0.15) is 11.5 Å². The molecule has 1 amide bonds. The van der Waals surface area contributed by atoms with E-state index < -0.39 is 5.54 Å². The number of benzene rings is 2. The number of amides is 1. The molecule has 0 unspecified atom stereocenters. The summed E-state index contributed by atoms with van der Waals surface area (Å²) in [5.74, 6) is 0.933. The van der Waals surface area contributed by atoms with Gasteiger partial charge in [0, 0.05) is 5.56 Å². The Labute approximate surface area is 146 Å². The largest absolute Gasteiger partial charge is 0.457 e. The summed E-state index contributed by atoms with van der Waals surface area (Å²) in [7, 11) is 0. The normalized spacial score (nSPS) is 15.4. The smallest absolute Gasteiger partial charge is 0.251 e. The van der Waals surface area contributed by atoms with Crippen molar-refractivity contribution in [3.05, 3.63) is 59.7 Å². The SMILES string of the molecule is N#Cc1ccc(Oc2cccc(C(=O)NC3(CO)CCCC3)c2)cc1. The highest BCUT2D eigenvalue weighted by Gasteiger charge is 2.34. The molecule has 5 nitrogen and oxygen atoms in total. The van der Waals surface area contributed by atoms with Crippen molar-refractivity contribution in [3.63, 3.8) is 0 Å². The highest BCUT2D eigenvalue weighted by Crippen LogP contribution is 2.30. The van der Waals surface area contributed by atoms with Crippen LogP contribution in [0.5, 0.6) is 11.5 Å². The van der Waals surface area contributed by atoms with Crippen LogP contribution in [0.2, 0.25) is 0 Å². The molecule has 3 rings (SSSR count). The summed E-state index contributed by atoms with van der Waals surface area (Å²) >= 11 is 0. The molecule has 0 bridgehead atoms. The highest BCUT2D eigenvalue weighted by atomic mass is 16.5. The average molecular weight is 336 g/mol. The van der Waals surface area contributed by atoms with Crippen LogP contribution in [0.15, 0.2) is 48.5 Å². The van der Waals surface area contributed by atoms with Crippen molar-refractivity contribution < 1.29 is 14.6 Å². The minimum atomic E-state index is -0.499. The Morgan fingerprint density at radius 3 is 2.52 bits per heavy atom. The minimum Gasteiger partial charge on any atom is -0.457 e. The van der Waals surface area contributed by atoms with Gasteiger partial charge < -0.3 is 15.2 Å². The van der Waals surface area contributed by atoms with Crippen LogP contribution in [0, 0.1) is 11.3 Å². The molecular formula is C20H20N2O3. The molecule has 0 aromatic heterocycles. The van der Waals surface area contributed by atoms with Gasteiger partial charge in [-0.1, -0.05) is 18.9 Å². The van der Waals surface area contributed by atoms with Crippen LogP contribution in [-0.4, -0.2) is 23.2 Å². The fraction of sp³-hybridized carbons (Fsp3) is 0.300. The third-order valence-electron chi connectivity index (χ3n) is 4.56.